The van der Waals surface area contributed by atoms with Crippen LogP contribution in [0, 0.1) is 17.7 Å². The van der Waals surface area contributed by atoms with Crippen LogP contribution in [0.1, 0.15) is 5.69 Å². The van der Waals surface area contributed by atoms with Crippen molar-refractivity contribution in [1.29, 1.82) is 0 Å². The molecule has 2 aromatic rings. The molecule has 0 atom stereocenters. The van der Waals surface area contributed by atoms with Crippen molar-refractivity contribution in [3.8, 4) is 23.3 Å². The summed E-state index contributed by atoms with van der Waals surface area (Å²) in [5.41, 5.74) is 0.567. The predicted molar refractivity (Wildman–Crippen MR) is 67.4 cm³/mol. The van der Waals surface area contributed by atoms with Crippen molar-refractivity contribution in [2.24, 2.45) is 0 Å². The first-order valence-corrected chi connectivity index (χ1v) is 5.51. The maximum absolute atomic E-state index is 13.0. The van der Waals surface area contributed by atoms with Crippen LogP contribution in [0.4, 0.5) is 4.39 Å². The van der Waals surface area contributed by atoms with E-state index in [2.05, 4.69) is 21.8 Å². The van der Waals surface area contributed by atoms with E-state index in [1.807, 2.05) is 0 Å². The maximum atomic E-state index is 13.0. The number of methoxy groups -OCH3 is 1. The van der Waals surface area contributed by atoms with Crippen molar-refractivity contribution in [3.63, 3.8) is 0 Å². The fourth-order valence-corrected chi connectivity index (χ4v) is 1.36. The molecule has 0 aliphatic rings. The van der Waals surface area contributed by atoms with Crippen LogP contribution in [0.5, 0.6) is 11.5 Å². The summed E-state index contributed by atoms with van der Waals surface area (Å²) in [5, 5.41) is 0. The molecule has 0 N–H and O–H groups in total. The summed E-state index contributed by atoms with van der Waals surface area (Å²) in [7, 11) is 1.45. The zero-order valence-corrected chi connectivity index (χ0v) is 10.3. The average molecular weight is 258 g/mol. The lowest BCUT2D eigenvalue weighted by molar-refractivity contribution is 0.329. The van der Waals surface area contributed by atoms with Gasteiger partial charge in [-0.2, -0.15) is 0 Å². The largest absolute Gasteiger partial charge is 0.493 e. The normalized spacial score (nSPS) is 9.37. The van der Waals surface area contributed by atoms with Gasteiger partial charge in [0.25, 0.3) is 0 Å². The van der Waals surface area contributed by atoms with Crippen molar-refractivity contribution in [2.45, 2.75) is 0 Å². The van der Waals surface area contributed by atoms with E-state index >= 15 is 0 Å². The van der Waals surface area contributed by atoms with Crippen LogP contribution in [0.2, 0.25) is 0 Å². The lowest BCUT2D eigenvalue weighted by Crippen LogP contribution is -1.97. The van der Waals surface area contributed by atoms with Crippen LogP contribution in [0.15, 0.2) is 36.8 Å². The molecular formula is C14H11FN2O2. The third-order valence-electron chi connectivity index (χ3n) is 2.21. The second kappa shape index (κ2) is 6.36. The summed E-state index contributed by atoms with van der Waals surface area (Å²) in [6.07, 6.45) is 4.70. The zero-order chi connectivity index (χ0) is 13.5. The number of rotatable bonds is 3. The van der Waals surface area contributed by atoms with Gasteiger partial charge in [0, 0.05) is 18.5 Å². The number of ether oxygens (including phenoxy) is 2. The van der Waals surface area contributed by atoms with Crippen molar-refractivity contribution < 1.29 is 13.9 Å². The molecule has 0 unspecified atom stereocenters. The van der Waals surface area contributed by atoms with E-state index in [0.717, 1.165) is 0 Å². The van der Waals surface area contributed by atoms with Gasteiger partial charge in [0.05, 0.1) is 13.3 Å². The van der Waals surface area contributed by atoms with E-state index in [1.165, 1.54) is 25.3 Å². The Morgan fingerprint density at radius 3 is 2.89 bits per heavy atom. The molecule has 2 rings (SSSR count). The topological polar surface area (TPSA) is 44.2 Å². The first-order valence-electron chi connectivity index (χ1n) is 5.51. The summed E-state index contributed by atoms with van der Waals surface area (Å²) in [4.78, 5) is 7.89. The van der Waals surface area contributed by atoms with Gasteiger partial charge in [-0.3, -0.25) is 4.98 Å². The number of nitrogens with zero attached hydrogens (tertiary/aromatic N) is 2. The van der Waals surface area contributed by atoms with Gasteiger partial charge in [-0.25, -0.2) is 9.37 Å². The summed E-state index contributed by atoms with van der Waals surface area (Å²) >= 11 is 0. The van der Waals surface area contributed by atoms with Gasteiger partial charge in [-0.05, 0) is 18.1 Å². The number of hydrogen-bond donors (Lipinski definition) is 0. The molecule has 0 spiro atoms. The van der Waals surface area contributed by atoms with E-state index in [0.29, 0.717) is 17.2 Å². The molecule has 0 aliphatic carbocycles. The Hall–Kier alpha value is -2.61. The molecular weight excluding hydrogens is 247 g/mol. The van der Waals surface area contributed by atoms with Gasteiger partial charge in [-0.15, -0.1) is 0 Å². The van der Waals surface area contributed by atoms with Gasteiger partial charge in [-0.1, -0.05) is 5.92 Å². The molecule has 5 heteroatoms. The van der Waals surface area contributed by atoms with E-state index in [1.54, 1.807) is 18.6 Å². The second-order valence-electron chi connectivity index (χ2n) is 3.48. The van der Waals surface area contributed by atoms with Gasteiger partial charge >= 0.3 is 0 Å². The Balaban J connectivity index is 1.98. The molecule has 0 saturated heterocycles. The summed E-state index contributed by atoms with van der Waals surface area (Å²) in [6, 6.07) is 4.05. The quantitative estimate of drug-likeness (QED) is 0.790. The van der Waals surface area contributed by atoms with Crippen LogP contribution in [-0.2, 0) is 0 Å². The van der Waals surface area contributed by atoms with Crippen molar-refractivity contribution in [1.82, 2.24) is 9.97 Å². The highest BCUT2D eigenvalue weighted by Crippen LogP contribution is 2.27. The van der Waals surface area contributed by atoms with Crippen LogP contribution >= 0.6 is 0 Å². The fourth-order valence-electron chi connectivity index (χ4n) is 1.36. The number of benzene rings is 1. The Kier molecular flexibility index (Phi) is 4.29. The maximum Gasteiger partial charge on any atom is 0.163 e. The lowest BCUT2D eigenvalue weighted by Gasteiger charge is -2.07. The zero-order valence-electron chi connectivity index (χ0n) is 10.3. The van der Waals surface area contributed by atoms with E-state index in [9.17, 15) is 4.39 Å². The van der Waals surface area contributed by atoms with Crippen LogP contribution in [-0.4, -0.2) is 23.7 Å². The van der Waals surface area contributed by atoms with Gasteiger partial charge in [0.1, 0.15) is 18.1 Å². The molecule has 0 bridgehead atoms. The highest BCUT2D eigenvalue weighted by Gasteiger charge is 2.04. The minimum atomic E-state index is -0.380. The Bertz CT molecular complexity index is 606. The summed E-state index contributed by atoms with van der Waals surface area (Å²) < 4.78 is 23.4. The van der Waals surface area contributed by atoms with Gasteiger partial charge in [0.15, 0.2) is 11.5 Å². The molecule has 1 aromatic heterocycles. The molecule has 19 heavy (non-hydrogen) atoms. The third kappa shape index (κ3) is 3.68. The molecule has 0 aliphatic heterocycles. The highest BCUT2D eigenvalue weighted by molar-refractivity contribution is 5.40. The monoisotopic (exact) mass is 258 g/mol. The standard InChI is InChI=1S/C14H11FN2O2/c1-18-14-9-11(15)4-5-13(14)19-8-2-3-12-10-16-6-7-17-12/h4-7,9-10H,8H2,1H3. The molecule has 1 heterocycles. The minimum Gasteiger partial charge on any atom is -0.493 e. The van der Waals surface area contributed by atoms with Crippen LogP contribution < -0.4 is 9.47 Å². The Labute approximate surface area is 110 Å². The lowest BCUT2D eigenvalue weighted by atomic mass is 10.3. The van der Waals surface area contributed by atoms with E-state index < -0.39 is 0 Å². The highest BCUT2D eigenvalue weighted by atomic mass is 19.1. The summed E-state index contributed by atoms with van der Waals surface area (Å²) in [5.74, 6) is 5.99. The summed E-state index contributed by atoms with van der Waals surface area (Å²) in [6.45, 7) is 0.151. The van der Waals surface area contributed by atoms with Crippen LogP contribution in [0.3, 0.4) is 0 Å². The molecule has 4 nitrogen and oxygen atoms in total. The molecule has 1 aromatic carbocycles. The molecule has 0 radical (unpaired) electrons. The van der Waals surface area contributed by atoms with Crippen molar-refractivity contribution in [3.05, 3.63) is 48.3 Å². The second-order valence-corrected chi connectivity index (χ2v) is 3.48. The van der Waals surface area contributed by atoms with Crippen molar-refractivity contribution in [2.75, 3.05) is 13.7 Å². The Morgan fingerprint density at radius 1 is 1.26 bits per heavy atom. The van der Waals surface area contributed by atoms with Gasteiger partial charge < -0.3 is 9.47 Å². The molecule has 96 valence electrons. The van der Waals surface area contributed by atoms with Crippen molar-refractivity contribution >= 4 is 0 Å². The first-order chi connectivity index (χ1) is 9.29. The SMILES string of the molecule is COc1cc(F)ccc1OCC#Cc1cnccn1. The molecule has 0 saturated carbocycles. The number of hydrogen-bond acceptors (Lipinski definition) is 4. The fraction of sp³-hybridized carbons (Fsp3) is 0.143. The van der Waals surface area contributed by atoms with E-state index in [4.69, 9.17) is 9.47 Å². The van der Waals surface area contributed by atoms with Crippen LogP contribution in [0.25, 0.3) is 0 Å². The number of aromatic nitrogens is 2. The minimum absolute atomic E-state index is 0.151. The Morgan fingerprint density at radius 2 is 2.16 bits per heavy atom. The molecule has 0 amide bonds. The average Bonchev–Trinajstić information content (AvgIpc) is 2.46. The van der Waals surface area contributed by atoms with E-state index in [-0.39, 0.29) is 12.4 Å². The smallest absolute Gasteiger partial charge is 0.163 e. The third-order valence-corrected chi connectivity index (χ3v) is 2.21. The van der Waals surface area contributed by atoms with Gasteiger partial charge in [0.2, 0.25) is 0 Å². The number of halogens is 1. The first kappa shape index (κ1) is 12.8. The predicted octanol–water partition coefficient (Wildman–Crippen LogP) is 2.05. The molecule has 0 fully saturated rings.